The molecule has 3 N–H and O–H groups in total. The van der Waals surface area contributed by atoms with Crippen LogP contribution in [0.3, 0.4) is 0 Å². The highest BCUT2D eigenvalue weighted by atomic mass is 35.5. The van der Waals surface area contributed by atoms with Gasteiger partial charge in [0.1, 0.15) is 0 Å². The van der Waals surface area contributed by atoms with Crippen molar-refractivity contribution in [3.05, 3.63) is 0 Å². The second kappa shape index (κ2) is 15.8. The molecule has 0 heterocycles. The van der Waals surface area contributed by atoms with E-state index in [2.05, 4.69) is 6.92 Å². The van der Waals surface area contributed by atoms with Crippen molar-refractivity contribution in [2.45, 2.75) is 32.6 Å². The van der Waals surface area contributed by atoms with Crippen LogP contribution in [0.1, 0.15) is 32.6 Å². The van der Waals surface area contributed by atoms with Crippen molar-refractivity contribution in [1.29, 1.82) is 0 Å². The zero-order valence-corrected chi connectivity index (χ0v) is 7.60. The fraction of sp³-hybridized carbons (Fsp3) is 1.00. The maximum Gasteiger partial charge on any atom is 0.0223 e. The van der Waals surface area contributed by atoms with Crippen LogP contribution in [0.4, 0.5) is 0 Å². The van der Waals surface area contributed by atoms with Crippen molar-refractivity contribution in [3.63, 3.8) is 0 Å². The quantitative estimate of drug-likeness (QED) is 0.514. The van der Waals surface area contributed by atoms with Crippen molar-refractivity contribution in [2.75, 3.05) is 5.88 Å². The van der Waals surface area contributed by atoms with Crippen molar-refractivity contribution in [3.8, 4) is 0 Å². The Balaban J connectivity index is -0.000000180. The van der Waals surface area contributed by atoms with E-state index in [4.69, 9.17) is 11.6 Å². The minimum absolute atomic E-state index is 0. The molecule has 0 saturated heterocycles. The van der Waals surface area contributed by atoms with Gasteiger partial charge < -0.3 is 6.15 Å². The van der Waals surface area contributed by atoms with Crippen LogP contribution in [0.5, 0.6) is 0 Å². The van der Waals surface area contributed by atoms with Gasteiger partial charge in [-0.05, 0) is 6.42 Å². The average molecular weight is 174 g/mol. The largest absolute Gasteiger partial charge is 0.344 e. The number of halogens is 2. The van der Waals surface area contributed by atoms with Crippen LogP contribution in [0.15, 0.2) is 0 Å². The Hall–Kier alpha value is 0.540. The molecule has 0 fully saturated rings. The first-order valence-electron chi connectivity index (χ1n) is 2.97. The third-order valence-electron chi connectivity index (χ3n) is 0.987. The first-order chi connectivity index (χ1) is 3.41. The number of alkyl halides is 1. The van der Waals surface area contributed by atoms with E-state index in [1.54, 1.807) is 0 Å². The van der Waals surface area contributed by atoms with Crippen LogP contribution in [-0.4, -0.2) is 5.88 Å². The molecular formula is C6H17Cl2N. The van der Waals surface area contributed by atoms with E-state index in [-0.39, 0.29) is 18.6 Å². The molecule has 0 aliphatic carbocycles. The standard InChI is InChI=1S/C6H13Cl.ClH.H3N/c1-2-3-4-5-6-7;;/h2-6H2,1H3;1H;1H3. The first kappa shape index (κ1) is 16.3. The van der Waals surface area contributed by atoms with E-state index in [0.29, 0.717) is 0 Å². The van der Waals surface area contributed by atoms with Gasteiger partial charge in [-0.2, -0.15) is 0 Å². The molecule has 0 aromatic rings. The van der Waals surface area contributed by atoms with Gasteiger partial charge in [0, 0.05) is 5.88 Å². The predicted octanol–water partition coefficient (Wildman–Crippen LogP) is 3.39. The van der Waals surface area contributed by atoms with E-state index in [1.807, 2.05) is 0 Å². The monoisotopic (exact) mass is 173 g/mol. The lowest BCUT2D eigenvalue weighted by molar-refractivity contribution is 0.705. The van der Waals surface area contributed by atoms with E-state index in [0.717, 1.165) is 5.88 Å². The highest BCUT2D eigenvalue weighted by Gasteiger charge is 1.81. The minimum Gasteiger partial charge on any atom is -0.344 e. The van der Waals surface area contributed by atoms with Crippen LogP contribution < -0.4 is 6.15 Å². The Bertz CT molecular complexity index is 30.2. The van der Waals surface area contributed by atoms with Gasteiger partial charge in [-0.1, -0.05) is 26.2 Å². The summed E-state index contributed by atoms with van der Waals surface area (Å²) in [4.78, 5) is 0. The van der Waals surface area contributed by atoms with Crippen molar-refractivity contribution in [1.82, 2.24) is 6.15 Å². The lowest BCUT2D eigenvalue weighted by Crippen LogP contribution is -1.74. The normalized spacial score (nSPS) is 7.33. The van der Waals surface area contributed by atoms with Crippen LogP contribution in [0.2, 0.25) is 0 Å². The summed E-state index contributed by atoms with van der Waals surface area (Å²) in [7, 11) is 0. The van der Waals surface area contributed by atoms with Gasteiger partial charge in [0.05, 0.1) is 0 Å². The molecule has 0 amide bonds. The summed E-state index contributed by atoms with van der Waals surface area (Å²) in [6.45, 7) is 2.20. The second-order valence-corrected chi connectivity index (χ2v) is 2.13. The van der Waals surface area contributed by atoms with Gasteiger partial charge in [0.25, 0.3) is 0 Å². The molecule has 0 bridgehead atoms. The fourth-order valence-electron chi connectivity index (χ4n) is 0.521. The molecule has 0 unspecified atom stereocenters. The summed E-state index contributed by atoms with van der Waals surface area (Å²) in [5, 5.41) is 0. The molecule has 0 spiro atoms. The number of hydrogen-bond acceptors (Lipinski definition) is 1. The molecule has 60 valence electrons. The van der Waals surface area contributed by atoms with Crippen molar-refractivity contribution >= 4 is 24.0 Å². The van der Waals surface area contributed by atoms with Crippen molar-refractivity contribution < 1.29 is 0 Å². The molecule has 0 saturated carbocycles. The summed E-state index contributed by atoms with van der Waals surface area (Å²) in [6, 6.07) is 0. The first-order valence-corrected chi connectivity index (χ1v) is 3.51. The van der Waals surface area contributed by atoms with Crippen LogP contribution in [-0.2, 0) is 0 Å². The van der Waals surface area contributed by atoms with E-state index >= 15 is 0 Å². The SMILES string of the molecule is CCCCCCCl.Cl.N. The van der Waals surface area contributed by atoms with Crippen LogP contribution in [0.25, 0.3) is 0 Å². The molecule has 0 aliphatic rings. The van der Waals surface area contributed by atoms with Gasteiger partial charge in [0.2, 0.25) is 0 Å². The predicted molar refractivity (Wildman–Crippen MR) is 47.1 cm³/mol. The molecule has 9 heavy (non-hydrogen) atoms. The number of hydrogen-bond donors (Lipinski definition) is 1. The smallest absolute Gasteiger partial charge is 0.0223 e. The Labute approximate surface area is 69.2 Å². The molecule has 0 rings (SSSR count). The summed E-state index contributed by atoms with van der Waals surface area (Å²) >= 11 is 5.44. The van der Waals surface area contributed by atoms with E-state index < -0.39 is 0 Å². The van der Waals surface area contributed by atoms with Gasteiger partial charge >= 0.3 is 0 Å². The second-order valence-electron chi connectivity index (χ2n) is 1.75. The van der Waals surface area contributed by atoms with Gasteiger partial charge in [-0.25, -0.2) is 0 Å². The zero-order chi connectivity index (χ0) is 5.54. The molecule has 3 heteroatoms. The Morgan fingerprint density at radius 3 is 2.00 bits per heavy atom. The van der Waals surface area contributed by atoms with E-state index in [1.165, 1.54) is 25.7 Å². The maximum absolute atomic E-state index is 5.44. The van der Waals surface area contributed by atoms with Crippen LogP contribution in [0, 0.1) is 0 Å². The molecule has 0 aliphatic heterocycles. The third kappa shape index (κ3) is 17.7. The highest BCUT2D eigenvalue weighted by Crippen LogP contribution is 1.98. The van der Waals surface area contributed by atoms with Gasteiger partial charge in [0.15, 0.2) is 0 Å². The molecular weight excluding hydrogens is 157 g/mol. The van der Waals surface area contributed by atoms with Gasteiger partial charge in [-0.15, -0.1) is 24.0 Å². The molecule has 0 aromatic carbocycles. The fourth-order valence-corrected chi connectivity index (χ4v) is 0.710. The molecule has 0 atom stereocenters. The van der Waals surface area contributed by atoms with Crippen molar-refractivity contribution in [2.24, 2.45) is 0 Å². The summed E-state index contributed by atoms with van der Waals surface area (Å²) in [6.07, 6.45) is 5.14. The Morgan fingerprint density at radius 2 is 1.67 bits per heavy atom. The van der Waals surface area contributed by atoms with Crippen LogP contribution >= 0.6 is 24.0 Å². The maximum atomic E-state index is 5.44. The topological polar surface area (TPSA) is 35.0 Å². The Kier molecular flexibility index (Phi) is 28.6. The lowest BCUT2D eigenvalue weighted by Gasteiger charge is -1.89. The van der Waals surface area contributed by atoms with Gasteiger partial charge in [-0.3, -0.25) is 0 Å². The molecule has 0 aromatic heterocycles. The molecule has 1 nitrogen and oxygen atoms in total. The summed E-state index contributed by atoms with van der Waals surface area (Å²) in [5.41, 5.74) is 0. The lowest BCUT2D eigenvalue weighted by atomic mass is 10.2. The highest BCUT2D eigenvalue weighted by molar-refractivity contribution is 6.17. The third-order valence-corrected chi connectivity index (χ3v) is 1.25. The number of rotatable bonds is 4. The minimum atomic E-state index is 0. The molecule has 0 radical (unpaired) electrons. The van der Waals surface area contributed by atoms with E-state index in [9.17, 15) is 0 Å². The Morgan fingerprint density at radius 1 is 1.11 bits per heavy atom. The zero-order valence-electron chi connectivity index (χ0n) is 6.03. The summed E-state index contributed by atoms with van der Waals surface area (Å²) in [5.74, 6) is 0.833. The number of unbranched alkanes of at least 4 members (excludes halogenated alkanes) is 3. The average Bonchev–Trinajstić information content (AvgIpc) is 1.69. The summed E-state index contributed by atoms with van der Waals surface area (Å²) < 4.78 is 0.